The molecule has 0 fully saturated rings. The lowest BCUT2D eigenvalue weighted by molar-refractivity contribution is 0.0694. The van der Waals surface area contributed by atoms with Gasteiger partial charge < -0.3 is 19.1 Å². The van der Waals surface area contributed by atoms with E-state index in [0.717, 1.165) is 16.7 Å². The lowest BCUT2D eigenvalue weighted by atomic mass is 9.87. The van der Waals surface area contributed by atoms with E-state index in [1.807, 2.05) is 17.0 Å². The van der Waals surface area contributed by atoms with E-state index in [2.05, 4.69) is 0 Å². The number of amides is 1. The molecule has 0 saturated carbocycles. The van der Waals surface area contributed by atoms with Gasteiger partial charge in [0.25, 0.3) is 5.91 Å². The molecule has 6 heteroatoms. The van der Waals surface area contributed by atoms with Crippen molar-refractivity contribution < 1.29 is 23.4 Å². The predicted molar refractivity (Wildman–Crippen MR) is 116 cm³/mol. The molecule has 1 aliphatic heterocycles. The summed E-state index contributed by atoms with van der Waals surface area (Å²) in [7, 11) is 4.75. The molecule has 0 N–H and O–H groups in total. The Labute approximate surface area is 181 Å². The van der Waals surface area contributed by atoms with E-state index < -0.39 is 0 Å². The van der Waals surface area contributed by atoms with Crippen molar-refractivity contribution in [1.29, 1.82) is 0 Å². The van der Waals surface area contributed by atoms with Crippen molar-refractivity contribution >= 4 is 5.91 Å². The van der Waals surface area contributed by atoms with Crippen LogP contribution < -0.4 is 14.2 Å². The van der Waals surface area contributed by atoms with Crippen molar-refractivity contribution in [2.24, 2.45) is 0 Å². The lowest BCUT2D eigenvalue weighted by Gasteiger charge is -2.38. The van der Waals surface area contributed by atoms with Crippen molar-refractivity contribution in [2.45, 2.75) is 12.5 Å². The molecular weight excluding hydrogens is 397 g/mol. The highest BCUT2D eigenvalue weighted by molar-refractivity contribution is 5.95. The van der Waals surface area contributed by atoms with Crippen molar-refractivity contribution in [2.75, 3.05) is 27.9 Å². The van der Waals surface area contributed by atoms with Gasteiger partial charge in [-0.05, 0) is 65.6 Å². The van der Waals surface area contributed by atoms with Gasteiger partial charge in [0.05, 0.1) is 27.4 Å². The zero-order chi connectivity index (χ0) is 22.0. The van der Waals surface area contributed by atoms with Crippen LogP contribution in [0.3, 0.4) is 0 Å². The second kappa shape index (κ2) is 8.68. The van der Waals surface area contributed by atoms with Crippen LogP contribution in [-0.4, -0.2) is 38.7 Å². The average Bonchev–Trinajstić information content (AvgIpc) is 2.82. The lowest BCUT2D eigenvalue weighted by Crippen LogP contribution is -2.40. The number of ether oxygens (including phenoxy) is 3. The summed E-state index contributed by atoms with van der Waals surface area (Å²) in [5.41, 5.74) is 3.37. The highest BCUT2D eigenvalue weighted by Crippen LogP contribution is 2.41. The van der Waals surface area contributed by atoms with Crippen LogP contribution in [-0.2, 0) is 6.42 Å². The number of methoxy groups -OCH3 is 3. The minimum Gasteiger partial charge on any atom is -0.497 e. The highest BCUT2D eigenvalue weighted by Gasteiger charge is 2.34. The summed E-state index contributed by atoms with van der Waals surface area (Å²) in [6, 6.07) is 16.9. The number of benzene rings is 3. The Balaban J connectivity index is 1.83. The molecule has 4 rings (SSSR count). The molecule has 1 heterocycles. The predicted octanol–water partition coefficient (Wildman–Crippen LogP) is 4.64. The quantitative estimate of drug-likeness (QED) is 0.602. The minimum absolute atomic E-state index is 0.117. The maximum absolute atomic E-state index is 13.6. The molecule has 0 spiro atoms. The van der Waals surface area contributed by atoms with Gasteiger partial charge in [-0.1, -0.05) is 18.2 Å². The number of halogens is 1. The molecule has 1 aliphatic rings. The Hall–Kier alpha value is -3.54. The van der Waals surface area contributed by atoms with Gasteiger partial charge in [0.1, 0.15) is 11.6 Å². The summed E-state index contributed by atoms with van der Waals surface area (Å²) < 4.78 is 29.9. The fraction of sp³-hybridized carbons (Fsp3) is 0.240. The van der Waals surface area contributed by atoms with Crippen molar-refractivity contribution in [3.05, 3.63) is 88.7 Å². The summed E-state index contributed by atoms with van der Waals surface area (Å²) in [6.07, 6.45) is 0.670. The molecule has 3 aromatic rings. The number of carbonyl (C=O) groups is 1. The van der Waals surface area contributed by atoms with Crippen LogP contribution in [0.2, 0.25) is 0 Å². The number of hydrogen-bond donors (Lipinski definition) is 0. The molecule has 160 valence electrons. The number of fused-ring (bicyclic) bond motifs is 1. The molecule has 0 bridgehead atoms. The van der Waals surface area contributed by atoms with Crippen molar-refractivity contribution in [3.63, 3.8) is 0 Å². The number of hydrogen-bond acceptors (Lipinski definition) is 4. The first kappa shape index (κ1) is 20.7. The molecule has 31 heavy (non-hydrogen) atoms. The van der Waals surface area contributed by atoms with E-state index in [1.54, 1.807) is 57.7 Å². The van der Waals surface area contributed by atoms with Gasteiger partial charge in [-0.2, -0.15) is 0 Å². The number of nitrogens with zero attached hydrogens (tertiary/aromatic N) is 1. The average molecular weight is 421 g/mol. The summed E-state index contributed by atoms with van der Waals surface area (Å²) in [6.45, 7) is 0.514. The Morgan fingerprint density at radius 2 is 1.65 bits per heavy atom. The largest absolute Gasteiger partial charge is 0.497 e. The van der Waals surface area contributed by atoms with E-state index in [-0.39, 0.29) is 17.8 Å². The second-order valence-electron chi connectivity index (χ2n) is 7.34. The van der Waals surface area contributed by atoms with Crippen LogP contribution in [0.5, 0.6) is 17.2 Å². The first-order valence-electron chi connectivity index (χ1n) is 10.0. The van der Waals surface area contributed by atoms with Gasteiger partial charge in [-0.25, -0.2) is 4.39 Å². The maximum Gasteiger partial charge on any atom is 0.254 e. The maximum atomic E-state index is 13.6. The van der Waals surface area contributed by atoms with Crippen LogP contribution >= 0.6 is 0 Å². The molecule has 3 aromatic carbocycles. The number of rotatable bonds is 5. The highest BCUT2D eigenvalue weighted by atomic mass is 19.1. The SMILES string of the molecule is COc1cccc(C(=O)N2CCc3cc(OC)c(OC)cc3C2c2ccc(F)cc2)c1. The fourth-order valence-electron chi connectivity index (χ4n) is 4.09. The van der Waals surface area contributed by atoms with E-state index in [9.17, 15) is 9.18 Å². The molecule has 0 aromatic heterocycles. The van der Waals surface area contributed by atoms with E-state index >= 15 is 0 Å². The molecule has 0 aliphatic carbocycles. The molecule has 0 radical (unpaired) electrons. The van der Waals surface area contributed by atoms with Crippen molar-refractivity contribution in [1.82, 2.24) is 4.90 Å². The number of carbonyl (C=O) groups excluding carboxylic acids is 1. The Morgan fingerprint density at radius 3 is 2.32 bits per heavy atom. The third-order valence-electron chi connectivity index (χ3n) is 5.64. The Bertz CT molecular complexity index is 1100. The fourth-order valence-corrected chi connectivity index (χ4v) is 4.09. The van der Waals surface area contributed by atoms with Gasteiger partial charge in [0, 0.05) is 12.1 Å². The van der Waals surface area contributed by atoms with Crippen LogP contribution in [0.1, 0.15) is 33.1 Å². The van der Waals surface area contributed by atoms with Crippen LogP contribution in [0.4, 0.5) is 4.39 Å². The normalized spacial score (nSPS) is 15.2. The molecule has 1 amide bonds. The smallest absolute Gasteiger partial charge is 0.254 e. The van der Waals surface area contributed by atoms with E-state index in [0.29, 0.717) is 35.8 Å². The van der Waals surface area contributed by atoms with Crippen molar-refractivity contribution in [3.8, 4) is 17.2 Å². The third kappa shape index (κ3) is 3.93. The topological polar surface area (TPSA) is 48.0 Å². The molecule has 1 unspecified atom stereocenters. The Morgan fingerprint density at radius 1 is 0.935 bits per heavy atom. The minimum atomic E-state index is -0.386. The van der Waals surface area contributed by atoms with Crippen LogP contribution in [0.25, 0.3) is 0 Å². The zero-order valence-corrected chi connectivity index (χ0v) is 17.7. The monoisotopic (exact) mass is 421 g/mol. The van der Waals surface area contributed by atoms with E-state index in [1.165, 1.54) is 12.1 Å². The van der Waals surface area contributed by atoms with Gasteiger partial charge >= 0.3 is 0 Å². The van der Waals surface area contributed by atoms with Crippen LogP contribution in [0, 0.1) is 5.82 Å². The zero-order valence-electron chi connectivity index (χ0n) is 17.7. The standard InChI is InChI=1S/C25H24FNO4/c1-29-20-6-4-5-18(13-20)25(28)27-12-11-17-14-22(30-2)23(31-3)15-21(17)24(27)16-7-9-19(26)10-8-16/h4-10,13-15,24H,11-12H2,1-3H3. The molecule has 5 nitrogen and oxygen atoms in total. The molecule has 1 atom stereocenters. The van der Waals surface area contributed by atoms with Crippen LogP contribution in [0.15, 0.2) is 60.7 Å². The Kier molecular flexibility index (Phi) is 5.80. The first-order chi connectivity index (χ1) is 15.0. The van der Waals surface area contributed by atoms with E-state index in [4.69, 9.17) is 14.2 Å². The van der Waals surface area contributed by atoms with Gasteiger partial charge in [-0.3, -0.25) is 4.79 Å². The summed E-state index contributed by atoms with van der Waals surface area (Å²) >= 11 is 0. The second-order valence-corrected chi connectivity index (χ2v) is 7.34. The van der Waals surface area contributed by atoms with Gasteiger partial charge in [0.15, 0.2) is 11.5 Å². The molecule has 0 saturated heterocycles. The third-order valence-corrected chi connectivity index (χ3v) is 5.64. The van der Waals surface area contributed by atoms with Gasteiger partial charge in [0.2, 0.25) is 0 Å². The summed E-state index contributed by atoms with van der Waals surface area (Å²) in [4.78, 5) is 15.4. The first-order valence-corrected chi connectivity index (χ1v) is 10.0. The summed E-state index contributed by atoms with van der Waals surface area (Å²) in [5, 5.41) is 0. The van der Waals surface area contributed by atoms with Gasteiger partial charge in [-0.15, -0.1) is 0 Å². The molecular formula is C25H24FNO4. The summed E-state index contributed by atoms with van der Waals surface area (Å²) in [5.74, 6) is 1.41.